The molecule has 0 saturated carbocycles. The van der Waals surface area contributed by atoms with Crippen LogP contribution in [0, 0.1) is 5.41 Å². The zero-order chi connectivity index (χ0) is 18.7. The Hall–Kier alpha value is -3.87. The van der Waals surface area contributed by atoms with Crippen molar-refractivity contribution in [3.63, 3.8) is 0 Å². The van der Waals surface area contributed by atoms with Gasteiger partial charge in [-0.25, -0.2) is 0 Å². The van der Waals surface area contributed by atoms with Crippen LogP contribution in [-0.2, 0) is 0 Å². The van der Waals surface area contributed by atoms with Crippen molar-refractivity contribution in [1.82, 2.24) is 9.78 Å². The zero-order valence-electron chi connectivity index (χ0n) is 13.8. The number of benzene rings is 2. The van der Waals surface area contributed by atoms with Crippen molar-refractivity contribution >= 4 is 17.6 Å². The average Bonchev–Trinajstić information content (AvgIpc) is 3.00. The fraction of sp³-hybridized carbons (Fsp3) is 0. The first kappa shape index (κ1) is 17.0. The smallest absolute Gasteiger partial charge is 0.272 e. The Kier molecular flexibility index (Phi) is 4.53. The number of para-hydroxylation sites is 1. The van der Waals surface area contributed by atoms with E-state index in [0.717, 1.165) is 16.5 Å². The van der Waals surface area contributed by atoms with Gasteiger partial charge in [-0.15, -0.1) is 0 Å². The molecule has 0 aliphatic heterocycles. The first-order valence-electron chi connectivity index (χ1n) is 7.74. The molecule has 0 unspecified atom stereocenters. The fourth-order valence-corrected chi connectivity index (χ4v) is 2.46. The Labute approximate surface area is 150 Å². The van der Waals surface area contributed by atoms with Gasteiger partial charge in [-0.1, -0.05) is 24.8 Å². The second-order valence-corrected chi connectivity index (χ2v) is 5.42. The van der Waals surface area contributed by atoms with Crippen LogP contribution in [0.3, 0.4) is 0 Å². The average molecular weight is 347 g/mol. The summed E-state index contributed by atoms with van der Waals surface area (Å²) in [6.45, 7) is 3.42. The predicted molar refractivity (Wildman–Crippen MR) is 100 cm³/mol. The highest BCUT2D eigenvalue weighted by Crippen LogP contribution is 2.29. The summed E-state index contributed by atoms with van der Waals surface area (Å²) in [5.41, 5.74) is 12.8. The summed E-state index contributed by atoms with van der Waals surface area (Å²) in [5, 5.41) is 11.9. The van der Waals surface area contributed by atoms with Gasteiger partial charge in [-0.05, 0) is 42.5 Å². The van der Waals surface area contributed by atoms with Gasteiger partial charge in [-0.3, -0.25) is 10.2 Å². The van der Waals surface area contributed by atoms with Crippen molar-refractivity contribution in [2.24, 2.45) is 5.73 Å². The van der Waals surface area contributed by atoms with Gasteiger partial charge in [-0.2, -0.15) is 9.78 Å². The van der Waals surface area contributed by atoms with E-state index < -0.39 is 5.91 Å². The Balaban J connectivity index is 1.97. The molecule has 0 radical (unpaired) electrons. The Bertz CT molecular complexity index is 975. The molecule has 0 spiro atoms. The first-order valence-corrected chi connectivity index (χ1v) is 7.74. The minimum atomic E-state index is -0.500. The molecule has 0 fully saturated rings. The fourth-order valence-electron chi connectivity index (χ4n) is 2.46. The van der Waals surface area contributed by atoms with Crippen molar-refractivity contribution in [1.29, 1.82) is 5.41 Å². The molecule has 5 N–H and O–H groups in total. The van der Waals surface area contributed by atoms with E-state index in [1.165, 1.54) is 0 Å². The Morgan fingerprint density at radius 2 is 1.73 bits per heavy atom. The van der Waals surface area contributed by atoms with Crippen molar-refractivity contribution in [3.8, 4) is 22.8 Å². The van der Waals surface area contributed by atoms with Crippen LogP contribution < -0.4 is 16.2 Å². The van der Waals surface area contributed by atoms with Gasteiger partial charge in [0.2, 0.25) is 0 Å². The van der Waals surface area contributed by atoms with E-state index in [4.69, 9.17) is 21.6 Å². The highest BCUT2D eigenvalue weighted by Gasteiger charge is 2.21. The number of amidine groups is 1. The number of carbonyl (C=O) groups excluding carboxylic acids is 1. The molecule has 3 rings (SSSR count). The maximum atomic E-state index is 11.9. The number of nitrogens with two attached hydrogens (primary N) is 2. The molecule has 0 amide bonds. The van der Waals surface area contributed by atoms with E-state index in [9.17, 15) is 4.79 Å². The highest BCUT2D eigenvalue weighted by atomic mass is 16.5. The number of ether oxygens (including phenoxy) is 1. The van der Waals surface area contributed by atoms with Gasteiger partial charge in [0.15, 0.2) is 0 Å². The predicted octanol–water partition coefficient (Wildman–Crippen LogP) is 3.03. The van der Waals surface area contributed by atoms with E-state index in [2.05, 4.69) is 11.7 Å². The maximum Gasteiger partial charge on any atom is 0.272 e. The number of nitrogens with zero attached hydrogens (tertiary/aromatic N) is 2. The summed E-state index contributed by atoms with van der Waals surface area (Å²) in [6, 6.07) is 16.4. The number of carbonyl (C=O) groups is 1. The van der Waals surface area contributed by atoms with Crippen LogP contribution in [0.2, 0.25) is 0 Å². The standard InChI is InChI=1S/C19H17N5O2/c1-2-15(25)24-19(22)16(18(20)21)17(23-24)12-8-10-14(11-9-12)26-13-6-4-3-5-7-13/h2-11H,1,22H2,(H3,20,21). The van der Waals surface area contributed by atoms with Crippen LogP contribution in [0.5, 0.6) is 11.5 Å². The lowest BCUT2D eigenvalue weighted by Gasteiger charge is -2.06. The minimum absolute atomic E-state index is 0.00186. The topological polar surface area (TPSA) is 120 Å². The normalized spacial score (nSPS) is 10.3. The molecule has 7 heteroatoms. The van der Waals surface area contributed by atoms with Gasteiger partial charge >= 0.3 is 0 Å². The van der Waals surface area contributed by atoms with E-state index in [1.807, 2.05) is 30.3 Å². The maximum absolute atomic E-state index is 11.9. The van der Waals surface area contributed by atoms with Crippen LogP contribution in [0.4, 0.5) is 5.82 Å². The monoisotopic (exact) mass is 347 g/mol. The van der Waals surface area contributed by atoms with Crippen LogP contribution in [-0.4, -0.2) is 21.5 Å². The number of hydrogen-bond acceptors (Lipinski definition) is 5. The molecule has 26 heavy (non-hydrogen) atoms. The van der Waals surface area contributed by atoms with Gasteiger partial charge in [0.05, 0.1) is 5.56 Å². The SMILES string of the molecule is C=CC(=O)n1nc(-c2ccc(Oc3ccccc3)cc2)c(C(=N)N)c1N. The molecule has 7 nitrogen and oxygen atoms in total. The van der Waals surface area contributed by atoms with Crippen molar-refractivity contribution in [2.45, 2.75) is 0 Å². The second kappa shape index (κ2) is 6.94. The van der Waals surface area contributed by atoms with Crippen molar-refractivity contribution in [2.75, 3.05) is 5.73 Å². The summed E-state index contributed by atoms with van der Waals surface area (Å²) in [4.78, 5) is 11.9. The van der Waals surface area contributed by atoms with Crippen LogP contribution in [0.1, 0.15) is 10.4 Å². The Morgan fingerprint density at radius 1 is 1.12 bits per heavy atom. The van der Waals surface area contributed by atoms with E-state index in [-0.39, 0.29) is 17.2 Å². The zero-order valence-corrected chi connectivity index (χ0v) is 13.8. The van der Waals surface area contributed by atoms with E-state index in [0.29, 0.717) is 17.0 Å². The molecule has 0 aliphatic carbocycles. The summed E-state index contributed by atoms with van der Waals surface area (Å²) < 4.78 is 6.73. The van der Waals surface area contributed by atoms with Gasteiger partial charge < -0.3 is 16.2 Å². The van der Waals surface area contributed by atoms with Gasteiger partial charge in [0.25, 0.3) is 5.91 Å². The molecule has 0 bridgehead atoms. The summed E-state index contributed by atoms with van der Waals surface area (Å²) in [7, 11) is 0. The molecule has 1 aromatic heterocycles. The molecule has 130 valence electrons. The van der Waals surface area contributed by atoms with Gasteiger partial charge in [0.1, 0.15) is 28.8 Å². The Morgan fingerprint density at radius 3 is 2.31 bits per heavy atom. The molecule has 0 saturated heterocycles. The minimum Gasteiger partial charge on any atom is -0.457 e. The number of anilines is 1. The quantitative estimate of drug-likeness (QED) is 0.372. The molecule has 2 aromatic carbocycles. The van der Waals surface area contributed by atoms with Crippen LogP contribution in [0.15, 0.2) is 67.3 Å². The van der Waals surface area contributed by atoms with E-state index in [1.54, 1.807) is 24.3 Å². The number of allylic oxidation sites excluding steroid dienone is 1. The second-order valence-electron chi connectivity index (χ2n) is 5.42. The highest BCUT2D eigenvalue weighted by molar-refractivity contribution is 6.07. The van der Waals surface area contributed by atoms with Crippen LogP contribution in [0.25, 0.3) is 11.3 Å². The number of hydrogen-bond donors (Lipinski definition) is 3. The number of aromatic nitrogens is 2. The first-order chi connectivity index (χ1) is 12.5. The molecular weight excluding hydrogens is 330 g/mol. The number of nitrogen functional groups attached to an aromatic ring is 2. The summed E-state index contributed by atoms with van der Waals surface area (Å²) in [6.07, 6.45) is 1.09. The van der Waals surface area contributed by atoms with E-state index >= 15 is 0 Å². The third-order valence-electron chi connectivity index (χ3n) is 3.68. The van der Waals surface area contributed by atoms with Crippen molar-refractivity contribution in [3.05, 3.63) is 72.8 Å². The molecule has 0 aliphatic rings. The molecule has 3 aromatic rings. The van der Waals surface area contributed by atoms with Crippen LogP contribution >= 0.6 is 0 Å². The third kappa shape index (κ3) is 3.18. The lowest BCUT2D eigenvalue weighted by atomic mass is 10.1. The molecular formula is C19H17N5O2. The lowest BCUT2D eigenvalue weighted by Crippen LogP contribution is -2.16. The van der Waals surface area contributed by atoms with Crippen molar-refractivity contribution < 1.29 is 9.53 Å². The molecule has 1 heterocycles. The summed E-state index contributed by atoms with van der Waals surface area (Å²) >= 11 is 0. The van der Waals surface area contributed by atoms with Gasteiger partial charge in [0, 0.05) is 5.56 Å². The molecule has 0 atom stereocenters. The number of nitrogens with one attached hydrogen (secondary N) is 1. The number of rotatable bonds is 5. The largest absolute Gasteiger partial charge is 0.457 e. The summed E-state index contributed by atoms with van der Waals surface area (Å²) in [5.74, 6) is 0.584. The third-order valence-corrected chi connectivity index (χ3v) is 3.68. The lowest BCUT2D eigenvalue weighted by molar-refractivity contribution is 0.0957.